The predicted molar refractivity (Wildman–Crippen MR) is 37.7 cm³/mol. The molecule has 0 unspecified atom stereocenters. The van der Waals surface area contributed by atoms with Crippen molar-refractivity contribution in [1.29, 1.82) is 0 Å². The van der Waals surface area contributed by atoms with Crippen LogP contribution in [0, 0.1) is 0 Å². The van der Waals surface area contributed by atoms with Crippen molar-refractivity contribution in [3.05, 3.63) is 11.6 Å². The Bertz CT molecular complexity index is 145. The van der Waals surface area contributed by atoms with Crippen LogP contribution in [0.4, 0.5) is 0 Å². The molecule has 0 aromatic carbocycles. The number of aliphatic carboxylic acids is 1. The molecular weight excluding hydrogens is 132 g/mol. The fourth-order valence-corrected chi connectivity index (χ4v) is 0.448. The van der Waals surface area contributed by atoms with Crippen LogP contribution in [0.15, 0.2) is 11.6 Å². The molecule has 0 rings (SSSR count). The lowest BCUT2D eigenvalue weighted by atomic mass is 10.2. The first-order valence-electron chi connectivity index (χ1n) is 3.08. The van der Waals surface area contributed by atoms with Gasteiger partial charge in [-0.25, -0.2) is 4.79 Å². The third-order valence-corrected chi connectivity index (χ3v) is 1.03. The summed E-state index contributed by atoms with van der Waals surface area (Å²) >= 11 is 0. The summed E-state index contributed by atoms with van der Waals surface area (Å²) < 4.78 is 0. The van der Waals surface area contributed by atoms with Gasteiger partial charge < -0.3 is 10.2 Å². The molecule has 0 heterocycles. The standard InChI is InChI=1S/C7H12O3/c1-5(2)3-4-6(8)7(9)10/h3,6,8H,4H2,1-2H3,(H,9,10)/t6-/m1/s1. The van der Waals surface area contributed by atoms with E-state index in [9.17, 15) is 4.79 Å². The molecule has 0 saturated heterocycles. The van der Waals surface area contributed by atoms with Gasteiger partial charge in [0.25, 0.3) is 0 Å². The molecule has 3 nitrogen and oxygen atoms in total. The van der Waals surface area contributed by atoms with Gasteiger partial charge in [-0.3, -0.25) is 0 Å². The highest BCUT2D eigenvalue weighted by molar-refractivity contribution is 5.72. The van der Waals surface area contributed by atoms with E-state index in [0.717, 1.165) is 5.57 Å². The molecule has 0 aliphatic rings. The summed E-state index contributed by atoms with van der Waals surface area (Å²) in [6.45, 7) is 3.71. The van der Waals surface area contributed by atoms with E-state index < -0.39 is 12.1 Å². The molecule has 0 bridgehead atoms. The average molecular weight is 144 g/mol. The number of carbonyl (C=O) groups is 1. The van der Waals surface area contributed by atoms with Crippen LogP contribution in [0.3, 0.4) is 0 Å². The van der Waals surface area contributed by atoms with Gasteiger partial charge >= 0.3 is 5.97 Å². The fourth-order valence-electron chi connectivity index (χ4n) is 0.448. The second-order valence-electron chi connectivity index (χ2n) is 2.37. The summed E-state index contributed by atoms with van der Waals surface area (Å²) in [5, 5.41) is 16.9. The first-order valence-corrected chi connectivity index (χ1v) is 3.08. The summed E-state index contributed by atoms with van der Waals surface area (Å²) in [5.41, 5.74) is 1.01. The number of carboxylic acid groups (broad SMARTS) is 1. The zero-order valence-electron chi connectivity index (χ0n) is 6.16. The fraction of sp³-hybridized carbons (Fsp3) is 0.571. The van der Waals surface area contributed by atoms with Gasteiger partial charge in [-0.15, -0.1) is 0 Å². The predicted octanol–water partition coefficient (Wildman–Crippen LogP) is 0.788. The Morgan fingerprint density at radius 3 is 2.40 bits per heavy atom. The largest absolute Gasteiger partial charge is 0.479 e. The van der Waals surface area contributed by atoms with Gasteiger partial charge in [0, 0.05) is 6.42 Å². The Hall–Kier alpha value is -0.830. The number of aliphatic hydroxyl groups excluding tert-OH is 1. The minimum Gasteiger partial charge on any atom is -0.479 e. The van der Waals surface area contributed by atoms with Crippen molar-refractivity contribution >= 4 is 5.97 Å². The van der Waals surface area contributed by atoms with E-state index >= 15 is 0 Å². The first kappa shape index (κ1) is 9.17. The van der Waals surface area contributed by atoms with E-state index in [-0.39, 0.29) is 6.42 Å². The molecule has 0 saturated carbocycles. The van der Waals surface area contributed by atoms with Crippen molar-refractivity contribution in [2.75, 3.05) is 0 Å². The zero-order chi connectivity index (χ0) is 8.15. The minimum atomic E-state index is -1.25. The first-order chi connectivity index (χ1) is 4.54. The van der Waals surface area contributed by atoms with Gasteiger partial charge in [0.1, 0.15) is 0 Å². The molecule has 10 heavy (non-hydrogen) atoms. The summed E-state index contributed by atoms with van der Waals surface area (Å²) in [6, 6.07) is 0. The Morgan fingerprint density at radius 1 is 1.60 bits per heavy atom. The average Bonchev–Trinajstić information content (AvgIpc) is 1.82. The highest BCUT2D eigenvalue weighted by Crippen LogP contribution is 1.97. The molecule has 3 heteroatoms. The Balaban J connectivity index is 3.70. The highest BCUT2D eigenvalue weighted by Gasteiger charge is 2.09. The van der Waals surface area contributed by atoms with Crippen molar-refractivity contribution in [1.82, 2.24) is 0 Å². The van der Waals surface area contributed by atoms with Crippen molar-refractivity contribution in [3.63, 3.8) is 0 Å². The lowest BCUT2D eigenvalue weighted by molar-refractivity contribution is -0.146. The molecule has 0 aliphatic carbocycles. The van der Waals surface area contributed by atoms with Crippen molar-refractivity contribution in [3.8, 4) is 0 Å². The van der Waals surface area contributed by atoms with E-state index in [1.807, 2.05) is 13.8 Å². The van der Waals surface area contributed by atoms with Crippen LogP contribution < -0.4 is 0 Å². The van der Waals surface area contributed by atoms with Crippen molar-refractivity contribution < 1.29 is 15.0 Å². The van der Waals surface area contributed by atoms with Crippen molar-refractivity contribution in [2.24, 2.45) is 0 Å². The topological polar surface area (TPSA) is 57.5 Å². The molecule has 0 spiro atoms. The Labute approximate surface area is 60.0 Å². The monoisotopic (exact) mass is 144 g/mol. The quantitative estimate of drug-likeness (QED) is 0.576. The number of hydrogen-bond donors (Lipinski definition) is 2. The molecule has 0 amide bonds. The van der Waals surface area contributed by atoms with Gasteiger partial charge in [0.2, 0.25) is 0 Å². The lowest BCUT2D eigenvalue weighted by Gasteiger charge is -1.99. The maximum absolute atomic E-state index is 10.0. The minimum absolute atomic E-state index is 0.192. The van der Waals surface area contributed by atoms with Crippen LogP contribution in [-0.2, 0) is 4.79 Å². The maximum Gasteiger partial charge on any atom is 0.332 e. The van der Waals surface area contributed by atoms with Gasteiger partial charge in [-0.1, -0.05) is 11.6 Å². The number of aliphatic hydroxyl groups is 1. The summed E-state index contributed by atoms with van der Waals surface area (Å²) in [5.74, 6) is -1.17. The number of allylic oxidation sites excluding steroid dienone is 1. The van der Waals surface area contributed by atoms with Crippen LogP contribution in [0.25, 0.3) is 0 Å². The third kappa shape index (κ3) is 4.09. The molecule has 0 fully saturated rings. The van der Waals surface area contributed by atoms with E-state index in [0.29, 0.717) is 0 Å². The van der Waals surface area contributed by atoms with Crippen LogP contribution in [-0.4, -0.2) is 22.3 Å². The zero-order valence-corrected chi connectivity index (χ0v) is 6.16. The SMILES string of the molecule is CC(C)=CC[C@@H](O)C(=O)O. The highest BCUT2D eigenvalue weighted by atomic mass is 16.4. The Kier molecular flexibility index (Phi) is 3.72. The van der Waals surface area contributed by atoms with Gasteiger partial charge in [-0.05, 0) is 13.8 Å². The summed E-state index contributed by atoms with van der Waals surface area (Å²) in [6.07, 6.45) is 0.631. The van der Waals surface area contributed by atoms with Crippen LogP contribution in [0.5, 0.6) is 0 Å². The van der Waals surface area contributed by atoms with E-state index in [1.165, 1.54) is 0 Å². The molecule has 0 radical (unpaired) electrons. The number of carboxylic acids is 1. The molecule has 1 atom stereocenters. The van der Waals surface area contributed by atoms with Crippen LogP contribution >= 0.6 is 0 Å². The molecule has 0 aromatic rings. The van der Waals surface area contributed by atoms with Crippen molar-refractivity contribution in [2.45, 2.75) is 26.4 Å². The normalized spacial score (nSPS) is 12.3. The Morgan fingerprint density at radius 2 is 2.10 bits per heavy atom. The van der Waals surface area contributed by atoms with Gasteiger partial charge in [-0.2, -0.15) is 0 Å². The smallest absolute Gasteiger partial charge is 0.332 e. The number of hydrogen-bond acceptors (Lipinski definition) is 2. The summed E-state index contributed by atoms with van der Waals surface area (Å²) in [4.78, 5) is 10.0. The molecule has 2 N–H and O–H groups in total. The second kappa shape index (κ2) is 4.06. The van der Waals surface area contributed by atoms with Crippen LogP contribution in [0.1, 0.15) is 20.3 Å². The van der Waals surface area contributed by atoms with Gasteiger partial charge in [0.15, 0.2) is 6.10 Å². The summed E-state index contributed by atoms with van der Waals surface area (Å²) in [7, 11) is 0. The van der Waals surface area contributed by atoms with E-state index in [4.69, 9.17) is 10.2 Å². The third-order valence-electron chi connectivity index (χ3n) is 1.03. The lowest BCUT2D eigenvalue weighted by Crippen LogP contribution is -2.18. The molecule has 0 aromatic heterocycles. The van der Waals surface area contributed by atoms with E-state index in [1.54, 1.807) is 6.08 Å². The maximum atomic E-state index is 10.0. The van der Waals surface area contributed by atoms with Gasteiger partial charge in [0.05, 0.1) is 0 Å². The molecule has 58 valence electrons. The van der Waals surface area contributed by atoms with E-state index in [2.05, 4.69) is 0 Å². The molecule has 0 aliphatic heterocycles. The number of rotatable bonds is 3. The second-order valence-corrected chi connectivity index (χ2v) is 2.37. The molecular formula is C7H12O3. The van der Waals surface area contributed by atoms with Crippen LogP contribution in [0.2, 0.25) is 0 Å².